The summed E-state index contributed by atoms with van der Waals surface area (Å²) in [5, 5.41) is 8.51. The molecule has 1 aliphatic carbocycles. The van der Waals surface area contributed by atoms with Crippen LogP contribution in [0.1, 0.15) is 50.3 Å². The van der Waals surface area contributed by atoms with Crippen molar-refractivity contribution in [2.24, 2.45) is 0 Å². The fourth-order valence-corrected chi connectivity index (χ4v) is 3.25. The van der Waals surface area contributed by atoms with E-state index in [9.17, 15) is 18.0 Å². The monoisotopic (exact) mass is 400 g/mol. The van der Waals surface area contributed by atoms with Gasteiger partial charge in [-0.2, -0.15) is 13.2 Å². The lowest BCUT2D eigenvalue weighted by atomic mass is 9.99. The van der Waals surface area contributed by atoms with Crippen molar-refractivity contribution in [1.29, 1.82) is 0 Å². The minimum atomic E-state index is -4.53. The van der Waals surface area contributed by atoms with E-state index in [-0.39, 0.29) is 6.54 Å². The van der Waals surface area contributed by atoms with Gasteiger partial charge in [0, 0.05) is 24.9 Å². The molecule has 1 aromatic rings. The first-order valence-corrected chi connectivity index (χ1v) is 9.51. The van der Waals surface area contributed by atoms with E-state index >= 15 is 0 Å². The molecule has 0 saturated heterocycles. The average Bonchev–Trinajstić information content (AvgIpc) is 3.04. The summed E-state index contributed by atoms with van der Waals surface area (Å²) < 4.78 is 41.9. The fraction of sp³-hybridized carbons (Fsp3) is 0.579. The summed E-state index contributed by atoms with van der Waals surface area (Å²) in [6.07, 6.45) is 2.62. The number of alkyl halides is 3. The van der Waals surface area contributed by atoms with Gasteiger partial charge in [0.1, 0.15) is 0 Å². The molecule has 2 rings (SSSR count). The number of likely N-dealkylation sites (N-methyl/N-ethyl adjacent to an activating group) is 1. The van der Waals surface area contributed by atoms with Gasteiger partial charge < -0.3 is 9.47 Å². The Labute approximate surface area is 162 Å². The van der Waals surface area contributed by atoms with E-state index in [1.807, 2.05) is 6.92 Å². The lowest BCUT2D eigenvalue weighted by Gasteiger charge is -2.22. The smallest absolute Gasteiger partial charge is 0.323 e. The van der Waals surface area contributed by atoms with Gasteiger partial charge in [-0.3, -0.25) is 10.0 Å². The molecule has 0 spiro atoms. The largest absolute Gasteiger partial charge is 0.449 e. The number of unbranched alkanes of at least 4 members (excludes halogenated alkanes) is 1. The van der Waals surface area contributed by atoms with Crippen LogP contribution in [0.3, 0.4) is 0 Å². The summed E-state index contributed by atoms with van der Waals surface area (Å²) in [6.45, 7) is 6.53. The highest BCUT2D eigenvalue weighted by Gasteiger charge is 2.39. The maximum Gasteiger partial charge on any atom is 0.449 e. The van der Waals surface area contributed by atoms with Gasteiger partial charge in [0.15, 0.2) is 0 Å². The first-order chi connectivity index (χ1) is 13.3. The molecule has 156 valence electrons. The molecule has 1 aromatic heterocycles. The Morgan fingerprint density at radius 3 is 2.71 bits per heavy atom. The number of fused-ring (bicyclic) bond motifs is 1. The van der Waals surface area contributed by atoms with Crippen molar-refractivity contribution in [3.8, 4) is 0 Å². The van der Waals surface area contributed by atoms with Crippen molar-refractivity contribution < 1.29 is 23.2 Å². The number of nitrogens with one attached hydrogen (secondary N) is 1. The minimum absolute atomic E-state index is 0.237. The number of amides is 1. The van der Waals surface area contributed by atoms with Gasteiger partial charge in [-0.05, 0) is 44.0 Å². The average molecular weight is 400 g/mol. The highest BCUT2D eigenvalue weighted by Crippen LogP contribution is 2.34. The van der Waals surface area contributed by atoms with Crippen LogP contribution >= 0.6 is 0 Å². The van der Waals surface area contributed by atoms with Crippen molar-refractivity contribution in [3.63, 3.8) is 0 Å². The molecule has 0 bridgehead atoms. The molecule has 0 aromatic carbocycles. The molecule has 0 saturated carbocycles. The number of rotatable bonds is 9. The number of nitrogens with zero attached hydrogens (tertiary/aromatic N) is 3. The molecule has 2 N–H and O–H groups in total. The normalized spacial score (nSPS) is 14.5. The van der Waals surface area contributed by atoms with Crippen molar-refractivity contribution in [3.05, 3.63) is 34.9 Å². The number of hydroxylamine groups is 1. The predicted octanol–water partition coefficient (Wildman–Crippen LogP) is 3.42. The van der Waals surface area contributed by atoms with E-state index < -0.39 is 17.9 Å². The second-order valence-electron chi connectivity index (χ2n) is 6.73. The third kappa shape index (κ3) is 5.68. The first kappa shape index (κ1) is 22.2. The zero-order valence-corrected chi connectivity index (χ0v) is 16.2. The lowest BCUT2D eigenvalue weighted by molar-refractivity contribution is -0.147. The number of hydrogen-bond donors (Lipinski definition) is 2. The molecule has 1 amide bonds. The molecule has 28 heavy (non-hydrogen) atoms. The zero-order valence-electron chi connectivity index (χ0n) is 16.2. The molecule has 6 nitrogen and oxygen atoms in total. The van der Waals surface area contributed by atoms with Gasteiger partial charge in [0.2, 0.25) is 5.82 Å². The molecular weight excluding hydrogens is 373 g/mol. The van der Waals surface area contributed by atoms with Gasteiger partial charge >= 0.3 is 6.18 Å². The third-order valence-electron chi connectivity index (χ3n) is 4.80. The van der Waals surface area contributed by atoms with Crippen LogP contribution in [0, 0.1) is 0 Å². The number of allylic oxidation sites excluding steroid dienone is 2. The van der Waals surface area contributed by atoms with E-state index in [4.69, 9.17) is 5.21 Å². The Morgan fingerprint density at radius 2 is 2.11 bits per heavy atom. The Bertz CT molecular complexity index is 738. The minimum Gasteiger partial charge on any atom is -0.323 e. The van der Waals surface area contributed by atoms with Crippen LogP contribution in [0.5, 0.6) is 0 Å². The van der Waals surface area contributed by atoms with Crippen LogP contribution in [-0.4, -0.2) is 45.2 Å². The summed E-state index contributed by atoms with van der Waals surface area (Å²) >= 11 is 0. The Balaban J connectivity index is 2.27. The second-order valence-corrected chi connectivity index (χ2v) is 6.73. The van der Waals surface area contributed by atoms with Crippen LogP contribution < -0.4 is 5.48 Å². The Morgan fingerprint density at radius 1 is 1.36 bits per heavy atom. The zero-order chi connectivity index (χ0) is 20.7. The van der Waals surface area contributed by atoms with Crippen LogP contribution in [0.25, 0.3) is 6.08 Å². The highest BCUT2D eigenvalue weighted by atomic mass is 19.4. The maximum atomic E-state index is 13.5. The maximum absolute atomic E-state index is 13.5. The van der Waals surface area contributed by atoms with Crippen LogP contribution in [0.4, 0.5) is 13.2 Å². The van der Waals surface area contributed by atoms with Crippen molar-refractivity contribution in [2.45, 2.75) is 52.3 Å². The third-order valence-corrected chi connectivity index (χ3v) is 4.80. The molecule has 0 unspecified atom stereocenters. The second kappa shape index (κ2) is 9.88. The standard InChI is InChI=1S/C19H27F3N4O2/c1-3-5-10-25(4-2)11-12-26-16-8-6-14(7-9-17(27)24-28)13-15(16)23-18(26)19(20,21)22/h7,9,13,28H,3-6,8,10-12H2,1-2H3,(H,24,27)/b9-7+. The lowest BCUT2D eigenvalue weighted by Crippen LogP contribution is -2.30. The number of halogens is 3. The van der Waals surface area contributed by atoms with Gasteiger partial charge in [-0.15, -0.1) is 0 Å². The highest BCUT2D eigenvalue weighted by molar-refractivity contribution is 5.87. The predicted molar refractivity (Wildman–Crippen MR) is 99.6 cm³/mol. The van der Waals surface area contributed by atoms with Gasteiger partial charge in [-0.25, -0.2) is 10.5 Å². The topological polar surface area (TPSA) is 70.4 Å². The molecular formula is C19H27F3N4O2. The summed E-state index contributed by atoms with van der Waals surface area (Å²) in [7, 11) is 0. The number of carbonyl (C=O) groups is 1. The number of hydrogen-bond acceptors (Lipinski definition) is 4. The number of carbonyl (C=O) groups excluding carboxylic acids is 1. The number of imidazole rings is 1. The molecule has 0 radical (unpaired) electrons. The summed E-state index contributed by atoms with van der Waals surface area (Å²) in [6, 6.07) is 0. The van der Waals surface area contributed by atoms with E-state index in [0.717, 1.165) is 32.0 Å². The van der Waals surface area contributed by atoms with Crippen LogP contribution in [0.2, 0.25) is 0 Å². The van der Waals surface area contributed by atoms with E-state index in [1.54, 1.807) is 6.08 Å². The van der Waals surface area contributed by atoms with E-state index in [2.05, 4.69) is 16.8 Å². The number of aromatic nitrogens is 2. The summed E-state index contributed by atoms with van der Waals surface area (Å²) in [5.74, 6) is -1.57. The Hall–Kier alpha value is -2.13. The summed E-state index contributed by atoms with van der Waals surface area (Å²) in [4.78, 5) is 17.1. The van der Waals surface area contributed by atoms with Crippen molar-refractivity contribution >= 4 is 12.0 Å². The van der Waals surface area contributed by atoms with Gasteiger partial charge in [0.05, 0.1) is 5.69 Å². The van der Waals surface area contributed by atoms with Crippen molar-refractivity contribution in [1.82, 2.24) is 19.9 Å². The molecule has 1 aliphatic rings. The molecule has 0 aliphatic heterocycles. The van der Waals surface area contributed by atoms with Crippen molar-refractivity contribution in [2.75, 3.05) is 19.6 Å². The fourth-order valence-electron chi connectivity index (χ4n) is 3.25. The van der Waals surface area contributed by atoms with Crippen LogP contribution in [-0.2, 0) is 23.9 Å². The van der Waals surface area contributed by atoms with Gasteiger partial charge in [-0.1, -0.05) is 26.3 Å². The summed E-state index contributed by atoms with van der Waals surface area (Å²) in [5.41, 5.74) is 3.03. The van der Waals surface area contributed by atoms with E-state index in [1.165, 1.54) is 16.1 Å². The Kier molecular flexibility index (Phi) is 7.82. The van der Waals surface area contributed by atoms with Gasteiger partial charge in [0.25, 0.3) is 5.91 Å². The quantitative estimate of drug-likeness (QED) is 0.379. The first-order valence-electron chi connectivity index (χ1n) is 9.51. The van der Waals surface area contributed by atoms with Crippen LogP contribution in [0.15, 0.2) is 17.7 Å². The SMILES string of the molecule is CCCCN(CC)CCn1c(C(F)(F)F)nc2c1CCC(/C=C/C(=O)NO)=C2. The molecule has 1 heterocycles. The molecule has 0 atom stereocenters. The molecule has 9 heteroatoms. The van der Waals surface area contributed by atoms with E-state index in [0.29, 0.717) is 36.3 Å². The molecule has 0 fully saturated rings.